The van der Waals surface area contributed by atoms with E-state index >= 15 is 0 Å². The average molecular weight is 213 g/mol. The Hall–Kier alpha value is -0.620. The second-order valence-corrected chi connectivity index (χ2v) is 4.26. The van der Waals surface area contributed by atoms with Crippen LogP contribution in [0.4, 0.5) is 0 Å². The zero-order valence-electron chi connectivity index (χ0n) is 9.08. The molecule has 0 radical (unpaired) electrons. The lowest BCUT2D eigenvalue weighted by Gasteiger charge is -2.18. The summed E-state index contributed by atoms with van der Waals surface area (Å²) in [4.78, 5) is 11.5. The van der Waals surface area contributed by atoms with Gasteiger partial charge in [-0.25, -0.2) is 0 Å². The third kappa shape index (κ3) is 4.57. The van der Waals surface area contributed by atoms with E-state index in [4.69, 9.17) is 6.42 Å². The Morgan fingerprint density at radius 2 is 2.14 bits per heavy atom. The molecule has 0 aliphatic heterocycles. The first-order valence-electron chi connectivity index (χ1n) is 4.97. The quantitative estimate of drug-likeness (QED) is 0.530. The van der Waals surface area contributed by atoms with E-state index in [1.165, 1.54) is 0 Å². The van der Waals surface area contributed by atoms with Gasteiger partial charge in [-0.3, -0.25) is 4.79 Å². The summed E-state index contributed by atoms with van der Waals surface area (Å²) in [6, 6.07) is -0.152. The molecule has 0 spiro atoms. The van der Waals surface area contributed by atoms with Crippen molar-refractivity contribution in [1.29, 1.82) is 0 Å². The maximum Gasteiger partial charge on any atom is 0.234 e. The normalized spacial score (nSPS) is 14.6. The van der Waals surface area contributed by atoms with Crippen LogP contribution in [-0.2, 0) is 4.79 Å². The summed E-state index contributed by atoms with van der Waals surface area (Å²) in [7, 11) is 0. The molecule has 0 aliphatic rings. The van der Waals surface area contributed by atoms with E-state index in [9.17, 15) is 4.79 Å². The Morgan fingerprint density at radius 1 is 1.57 bits per heavy atom. The number of nitrogens with one attached hydrogen (secondary N) is 1. The molecule has 0 saturated heterocycles. The van der Waals surface area contributed by atoms with Crippen LogP contribution in [0.3, 0.4) is 0 Å². The molecule has 0 aromatic carbocycles. The van der Waals surface area contributed by atoms with Gasteiger partial charge in [0.05, 0.1) is 11.3 Å². The molecule has 80 valence electrons. The van der Waals surface area contributed by atoms with Gasteiger partial charge in [0, 0.05) is 0 Å². The van der Waals surface area contributed by atoms with Crippen molar-refractivity contribution in [3.8, 4) is 12.3 Å². The monoisotopic (exact) mass is 213 g/mol. The van der Waals surface area contributed by atoms with Crippen LogP contribution in [0.1, 0.15) is 33.6 Å². The van der Waals surface area contributed by atoms with Crippen LogP contribution in [0.2, 0.25) is 0 Å². The maximum absolute atomic E-state index is 11.5. The maximum atomic E-state index is 11.5. The Kier molecular flexibility index (Phi) is 6.48. The minimum atomic E-state index is -0.275. The summed E-state index contributed by atoms with van der Waals surface area (Å²) in [6.45, 7) is 5.96. The molecule has 2 unspecified atom stereocenters. The first-order chi connectivity index (χ1) is 6.52. The fourth-order valence-electron chi connectivity index (χ4n) is 1.05. The molecule has 0 rings (SSSR count). The molecular weight excluding hydrogens is 194 g/mol. The van der Waals surface area contributed by atoms with E-state index in [1.54, 1.807) is 0 Å². The molecule has 0 aromatic heterocycles. The molecule has 3 heteroatoms. The van der Waals surface area contributed by atoms with Crippen molar-refractivity contribution in [2.75, 3.05) is 0 Å². The van der Waals surface area contributed by atoms with E-state index in [1.807, 2.05) is 20.8 Å². The van der Waals surface area contributed by atoms with Crippen molar-refractivity contribution in [2.24, 2.45) is 5.92 Å². The number of carbonyl (C=O) groups is 1. The number of hydrogen-bond donors (Lipinski definition) is 2. The predicted octanol–water partition coefficient (Wildman–Crippen LogP) is 1.86. The van der Waals surface area contributed by atoms with E-state index < -0.39 is 0 Å². The van der Waals surface area contributed by atoms with Crippen LogP contribution in [0, 0.1) is 18.3 Å². The highest BCUT2D eigenvalue weighted by Gasteiger charge is 2.19. The highest BCUT2D eigenvalue weighted by molar-refractivity contribution is 7.81. The minimum Gasteiger partial charge on any atom is -0.342 e. The molecule has 1 amide bonds. The number of amides is 1. The van der Waals surface area contributed by atoms with Crippen molar-refractivity contribution in [2.45, 2.75) is 44.9 Å². The van der Waals surface area contributed by atoms with Gasteiger partial charge in [-0.1, -0.05) is 33.1 Å². The molecule has 1 N–H and O–H groups in total. The van der Waals surface area contributed by atoms with Crippen molar-refractivity contribution in [1.82, 2.24) is 5.32 Å². The fourth-order valence-corrected chi connectivity index (χ4v) is 1.12. The van der Waals surface area contributed by atoms with Crippen LogP contribution in [-0.4, -0.2) is 17.2 Å². The number of hydrogen-bond acceptors (Lipinski definition) is 2. The molecule has 2 atom stereocenters. The number of terminal acetylenes is 1. The Bertz CT molecular complexity index is 220. The lowest BCUT2D eigenvalue weighted by atomic mass is 10.1. The third-order valence-electron chi connectivity index (χ3n) is 2.00. The molecule has 0 aliphatic carbocycles. The Balaban J connectivity index is 4.10. The summed E-state index contributed by atoms with van der Waals surface area (Å²) >= 11 is 4.22. The van der Waals surface area contributed by atoms with E-state index in [0.29, 0.717) is 0 Å². The SMILES string of the molecule is C#CC(CCC)NC(=O)C(S)C(C)C. The second-order valence-electron chi connectivity index (χ2n) is 3.71. The summed E-state index contributed by atoms with van der Waals surface area (Å²) in [5.74, 6) is 2.71. The zero-order valence-corrected chi connectivity index (χ0v) is 9.97. The van der Waals surface area contributed by atoms with Crippen LogP contribution in [0.5, 0.6) is 0 Å². The summed E-state index contributed by atoms with van der Waals surface area (Å²) < 4.78 is 0. The standard InChI is InChI=1S/C11H19NOS/c1-5-7-9(6-2)12-11(13)10(14)8(3)4/h2,8-10,14H,5,7H2,1,3-4H3,(H,12,13). The lowest BCUT2D eigenvalue weighted by molar-refractivity contribution is -0.121. The van der Waals surface area contributed by atoms with Crippen LogP contribution in [0.25, 0.3) is 0 Å². The van der Waals surface area contributed by atoms with Crippen molar-refractivity contribution < 1.29 is 4.79 Å². The van der Waals surface area contributed by atoms with Crippen LogP contribution < -0.4 is 5.32 Å². The topological polar surface area (TPSA) is 29.1 Å². The second kappa shape index (κ2) is 6.78. The molecular formula is C11H19NOS. The number of carbonyl (C=O) groups excluding carboxylic acids is 1. The molecule has 0 aromatic rings. The van der Waals surface area contributed by atoms with Gasteiger partial charge in [0.25, 0.3) is 0 Å². The van der Waals surface area contributed by atoms with Crippen molar-refractivity contribution in [3.63, 3.8) is 0 Å². The van der Waals surface area contributed by atoms with Crippen molar-refractivity contribution in [3.05, 3.63) is 0 Å². The summed E-state index contributed by atoms with van der Waals surface area (Å²) in [6.07, 6.45) is 7.08. The van der Waals surface area contributed by atoms with Gasteiger partial charge in [-0.15, -0.1) is 6.42 Å². The third-order valence-corrected chi connectivity index (χ3v) is 2.83. The first kappa shape index (κ1) is 13.4. The van der Waals surface area contributed by atoms with Gasteiger partial charge in [0.15, 0.2) is 0 Å². The lowest BCUT2D eigenvalue weighted by Crippen LogP contribution is -2.40. The Labute approximate surface area is 92.3 Å². The van der Waals surface area contributed by atoms with Crippen LogP contribution in [0.15, 0.2) is 0 Å². The van der Waals surface area contributed by atoms with Gasteiger partial charge in [-0.2, -0.15) is 12.6 Å². The smallest absolute Gasteiger partial charge is 0.234 e. The largest absolute Gasteiger partial charge is 0.342 e. The number of rotatable bonds is 5. The Morgan fingerprint density at radius 3 is 2.50 bits per heavy atom. The highest BCUT2D eigenvalue weighted by atomic mass is 32.1. The molecule has 0 heterocycles. The molecule has 14 heavy (non-hydrogen) atoms. The van der Waals surface area contributed by atoms with Gasteiger partial charge < -0.3 is 5.32 Å². The summed E-state index contributed by atoms with van der Waals surface area (Å²) in [5, 5.41) is 2.52. The van der Waals surface area contributed by atoms with E-state index in [-0.39, 0.29) is 23.1 Å². The number of thiol groups is 1. The first-order valence-corrected chi connectivity index (χ1v) is 5.49. The van der Waals surface area contributed by atoms with Gasteiger partial charge in [0.2, 0.25) is 5.91 Å². The highest BCUT2D eigenvalue weighted by Crippen LogP contribution is 2.09. The predicted molar refractivity (Wildman–Crippen MR) is 63.3 cm³/mol. The zero-order chi connectivity index (χ0) is 11.1. The van der Waals surface area contributed by atoms with Gasteiger partial charge in [-0.05, 0) is 12.3 Å². The van der Waals surface area contributed by atoms with E-state index in [0.717, 1.165) is 12.8 Å². The van der Waals surface area contributed by atoms with Crippen LogP contribution >= 0.6 is 12.6 Å². The average Bonchev–Trinajstić information content (AvgIpc) is 2.15. The van der Waals surface area contributed by atoms with E-state index in [2.05, 4.69) is 23.9 Å². The minimum absolute atomic E-state index is 0.0697. The van der Waals surface area contributed by atoms with Crippen molar-refractivity contribution >= 4 is 18.5 Å². The van der Waals surface area contributed by atoms with Gasteiger partial charge in [0.1, 0.15) is 0 Å². The molecule has 0 fully saturated rings. The van der Waals surface area contributed by atoms with Gasteiger partial charge >= 0.3 is 0 Å². The summed E-state index contributed by atoms with van der Waals surface area (Å²) in [5.41, 5.74) is 0. The molecule has 0 bridgehead atoms. The molecule has 0 saturated carbocycles. The molecule has 2 nitrogen and oxygen atoms in total. The fraction of sp³-hybridized carbons (Fsp3) is 0.727.